The predicted octanol–water partition coefficient (Wildman–Crippen LogP) is 5.45. The fraction of sp³-hybridized carbons (Fsp3) is 0.500. The van der Waals surface area contributed by atoms with Crippen molar-refractivity contribution in [2.24, 2.45) is 4.99 Å². The molecule has 1 aliphatic carbocycles. The molecule has 15 nitrogen and oxygen atoms in total. The summed E-state index contributed by atoms with van der Waals surface area (Å²) in [6.07, 6.45) is 7.52. The van der Waals surface area contributed by atoms with Crippen LogP contribution in [0.3, 0.4) is 0 Å². The van der Waals surface area contributed by atoms with E-state index in [1.165, 1.54) is 11.8 Å². The molecular formula is C44H59N11O4S. The quantitative estimate of drug-likeness (QED) is 0.103. The van der Waals surface area contributed by atoms with Crippen molar-refractivity contribution in [2.75, 3.05) is 68.4 Å². The number of carbonyl (C=O) groups excluding carboxylic acids is 3. The van der Waals surface area contributed by atoms with Gasteiger partial charge in [-0.05, 0) is 95.7 Å². The van der Waals surface area contributed by atoms with Gasteiger partial charge in [-0.3, -0.25) is 28.6 Å². The van der Waals surface area contributed by atoms with E-state index in [1.807, 2.05) is 76.2 Å². The van der Waals surface area contributed by atoms with Crippen molar-refractivity contribution < 1.29 is 14.4 Å². The van der Waals surface area contributed by atoms with E-state index in [-0.39, 0.29) is 40.3 Å². The second kappa shape index (κ2) is 18.9. The van der Waals surface area contributed by atoms with Crippen molar-refractivity contribution in [3.8, 4) is 0 Å². The Bertz CT molecular complexity index is 2210. The highest BCUT2D eigenvalue weighted by Crippen LogP contribution is 2.37. The van der Waals surface area contributed by atoms with Crippen LogP contribution in [0.15, 0.2) is 56.9 Å². The number of rotatable bonds is 14. The van der Waals surface area contributed by atoms with E-state index in [4.69, 9.17) is 9.98 Å². The average molecular weight is 838 g/mol. The van der Waals surface area contributed by atoms with Crippen LogP contribution in [0.1, 0.15) is 103 Å². The minimum atomic E-state index is -0.237. The van der Waals surface area contributed by atoms with E-state index in [2.05, 4.69) is 36.4 Å². The molecule has 3 aliphatic heterocycles. The summed E-state index contributed by atoms with van der Waals surface area (Å²) in [5.41, 5.74) is 6.12. The molecule has 16 heteroatoms. The number of aromatic nitrogens is 2. The smallest absolute Gasteiger partial charge is 0.263 e. The molecule has 5 N–H and O–H groups in total. The highest BCUT2D eigenvalue weighted by molar-refractivity contribution is 8.03. The lowest BCUT2D eigenvalue weighted by atomic mass is 9.99. The van der Waals surface area contributed by atoms with Crippen molar-refractivity contribution in [3.63, 3.8) is 0 Å². The fourth-order valence-corrected chi connectivity index (χ4v) is 9.49. The molecule has 1 unspecified atom stereocenters. The van der Waals surface area contributed by atoms with Gasteiger partial charge in [0.2, 0.25) is 11.9 Å². The molecule has 0 bridgehead atoms. The molecule has 3 aromatic rings. The molecular weight excluding hydrogens is 779 g/mol. The van der Waals surface area contributed by atoms with Crippen LogP contribution in [0.2, 0.25) is 0 Å². The second-order valence-electron chi connectivity index (χ2n) is 16.3. The molecule has 60 heavy (non-hydrogen) atoms. The van der Waals surface area contributed by atoms with Crippen LogP contribution in [0.5, 0.6) is 0 Å². The maximum absolute atomic E-state index is 13.7. The van der Waals surface area contributed by atoms with Gasteiger partial charge in [0.15, 0.2) is 11.3 Å². The van der Waals surface area contributed by atoms with E-state index in [9.17, 15) is 19.2 Å². The first-order chi connectivity index (χ1) is 28.9. The second-order valence-corrected chi connectivity index (χ2v) is 17.6. The number of amides is 2. The standard InChI is InChI=1S/C44H59N11O4S/c1-27-34(41(58)51-44-48-29(3)31(5)60-44)14-11-15-36(27)45-18-9-10-19-46-38(57)26-53-20-22-54(23-21-53)33-16-17-37(47-24-33)49-43-50-40-35(25-52(43)6)28(2)39(30(4)56)42(59)55(40)32-12-7-8-13-32/h11,14-17,24,32,44-45,48H,7-10,12-13,18-23,25-26H2,1-6H3,(H,46,57)(H,51,58)(H,47,49,50). The Morgan fingerprint density at radius 2 is 1.70 bits per heavy atom. The predicted molar refractivity (Wildman–Crippen MR) is 240 cm³/mol. The van der Waals surface area contributed by atoms with Crippen LogP contribution in [0, 0.1) is 13.8 Å². The number of benzene rings is 1. The zero-order valence-corrected chi connectivity index (χ0v) is 36.6. The van der Waals surface area contributed by atoms with Gasteiger partial charge in [0.25, 0.3) is 11.5 Å². The first-order valence-electron chi connectivity index (χ1n) is 21.2. The molecule has 4 aliphatic rings. The number of carbonyl (C=O) groups is 3. The minimum Gasteiger partial charge on any atom is -0.385 e. The van der Waals surface area contributed by atoms with Crippen molar-refractivity contribution in [1.29, 1.82) is 0 Å². The number of ketones is 1. The lowest BCUT2D eigenvalue weighted by Crippen LogP contribution is -2.49. The Kier molecular flexibility index (Phi) is 13.5. The van der Waals surface area contributed by atoms with Crippen molar-refractivity contribution >= 4 is 58.3 Å². The summed E-state index contributed by atoms with van der Waals surface area (Å²) in [6, 6.07) is 9.77. The number of fused-ring (bicyclic) bond motifs is 1. The van der Waals surface area contributed by atoms with E-state index >= 15 is 0 Å². The molecule has 1 saturated carbocycles. The Morgan fingerprint density at radius 3 is 2.38 bits per heavy atom. The first kappa shape index (κ1) is 42.8. The summed E-state index contributed by atoms with van der Waals surface area (Å²) in [4.78, 5) is 69.3. The Morgan fingerprint density at radius 1 is 0.950 bits per heavy atom. The fourth-order valence-electron chi connectivity index (χ4n) is 8.50. The molecule has 2 amide bonds. The van der Waals surface area contributed by atoms with E-state index < -0.39 is 0 Å². The number of guanidine groups is 1. The Labute approximate surface area is 356 Å². The molecule has 0 radical (unpaired) electrons. The normalized spacial score (nSPS) is 18.2. The number of piperazine rings is 1. The van der Waals surface area contributed by atoms with Crippen LogP contribution >= 0.6 is 11.8 Å². The largest absolute Gasteiger partial charge is 0.385 e. The molecule has 2 aromatic heterocycles. The third kappa shape index (κ3) is 9.65. The summed E-state index contributed by atoms with van der Waals surface area (Å²) >= 11 is 1.61. The maximum Gasteiger partial charge on any atom is 0.263 e. The van der Waals surface area contributed by atoms with Gasteiger partial charge in [0, 0.05) is 86.3 Å². The van der Waals surface area contributed by atoms with Gasteiger partial charge < -0.3 is 36.4 Å². The number of Topliss-reactive ketones (excluding diaryl/α,β-unsaturated/α-hetero) is 1. The molecule has 320 valence electrons. The summed E-state index contributed by atoms with van der Waals surface area (Å²) in [5.74, 6) is 1.62. The van der Waals surface area contributed by atoms with Gasteiger partial charge in [0.05, 0.1) is 24.0 Å². The van der Waals surface area contributed by atoms with Gasteiger partial charge >= 0.3 is 0 Å². The SMILES string of the molecule is CC(=O)c1c(C)c2c(n(C3CCCC3)c1=O)N=C(Nc1ccc(N3CCN(CC(=O)NCCCCNc4cccc(C(=O)NC5NC(C)=C(C)S5)c4C)CC3)cn1)N(C)C2. The average Bonchev–Trinajstić information content (AvgIpc) is 3.86. The van der Waals surface area contributed by atoms with Crippen LogP contribution in [0.4, 0.5) is 23.0 Å². The number of allylic oxidation sites excluding steroid dienone is 2. The number of unbranched alkanes of at least 4 members (excludes halogenated alkanes) is 1. The third-order valence-electron chi connectivity index (χ3n) is 12.1. The number of pyridine rings is 2. The summed E-state index contributed by atoms with van der Waals surface area (Å²) < 4.78 is 1.78. The van der Waals surface area contributed by atoms with Crippen molar-refractivity contribution in [2.45, 2.75) is 91.2 Å². The van der Waals surface area contributed by atoms with Crippen LogP contribution in [-0.2, 0) is 11.3 Å². The van der Waals surface area contributed by atoms with E-state index in [0.717, 1.165) is 99.4 Å². The maximum atomic E-state index is 13.7. The number of nitrogens with one attached hydrogen (secondary N) is 5. The number of anilines is 3. The molecule has 1 saturated heterocycles. The number of thioether (sulfide) groups is 1. The van der Waals surface area contributed by atoms with Crippen LogP contribution < -0.4 is 37.0 Å². The lowest BCUT2D eigenvalue weighted by Gasteiger charge is -2.35. The number of hydrogen-bond acceptors (Lipinski definition) is 13. The third-order valence-corrected chi connectivity index (χ3v) is 13.2. The zero-order chi connectivity index (χ0) is 42.5. The number of nitrogens with zero attached hydrogens (tertiary/aromatic N) is 6. The Balaban J connectivity index is 0.833. The zero-order valence-electron chi connectivity index (χ0n) is 35.7. The van der Waals surface area contributed by atoms with Gasteiger partial charge in [0.1, 0.15) is 11.6 Å². The van der Waals surface area contributed by atoms with Gasteiger partial charge in [-0.25, -0.2) is 4.98 Å². The van der Waals surface area contributed by atoms with Gasteiger partial charge in [-0.15, -0.1) is 0 Å². The summed E-state index contributed by atoms with van der Waals surface area (Å²) in [7, 11) is 1.94. The van der Waals surface area contributed by atoms with Gasteiger partial charge in [-0.2, -0.15) is 4.99 Å². The van der Waals surface area contributed by atoms with E-state index in [0.29, 0.717) is 48.4 Å². The highest BCUT2D eigenvalue weighted by atomic mass is 32.2. The monoisotopic (exact) mass is 837 g/mol. The molecule has 7 rings (SSSR count). The van der Waals surface area contributed by atoms with Crippen LogP contribution in [-0.4, -0.2) is 101 Å². The molecule has 1 atom stereocenters. The molecule has 0 spiro atoms. The first-order valence-corrected chi connectivity index (χ1v) is 22.1. The number of aliphatic imine (C=N–C) groups is 1. The van der Waals surface area contributed by atoms with Gasteiger partial charge in [-0.1, -0.05) is 30.7 Å². The lowest BCUT2D eigenvalue weighted by molar-refractivity contribution is -0.122. The van der Waals surface area contributed by atoms with Crippen LogP contribution in [0.25, 0.3) is 0 Å². The summed E-state index contributed by atoms with van der Waals surface area (Å²) in [6.45, 7) is 14.7. The summed E-state index contributed by atoms with van der Waals surface area (Å²) in [5, 5.41) is 16.3. The van der Waals surface area contributed by atoms with E-state index in [1.54, 1.807) is 16.3 Å². The molecule has 2 fully saturated rings. The topological polar surface area (TPSA) is 168 Å². The molecule has 1 aromatic carbocycles. The highest BCUT2D eigenvalue weighted by Gasteiger charge is 2.31. The van der Waals surface area contributed by atoms with Crippen molar-refractivity contribution in [1.82, 2.24) is 35.3 Å². The Hall–Kier alpha value is -5.35. The molecule has 5 heterocycles. The van der Waals surface area contributed by atoms with Crippen molar-refractivity contribution in [3.05, 3.63) is 85.3 Å². The number of hydrogen-bond donors (Lipinski definition) is 5. The minimum absolute atomic E-state index is 0.0338.